The van der Waals surface area contributed by atoms with E-state index in [9.17, 15) is 0 Å². The first-order valence-electron chi connectivity index (χ1n) is 7.51. The van der Waals surface area contributed by atoms with Crippen molar-refractivity contribution < 1.29 is 4.74 Å². The highest BCUT2D eigenvalue weighted by molar-refractivity contribution is 7.11. The van der Waals surface area contributed by atoms with E-state index >= 15 is 0 Å². The van der Waals surface area contributed by atoms with E-state index in [-0.39, 0.29) is 5.60 Å². The van der Waals surface area contributed by atoms with Crippen LogP contribution >= 0.6 is 11.3 Å². The molecule has 1 aromatic heterocycles. The third kappa shape index (κ3) is 3.77. The van der Waals surface area contributed by atoms with Gasteiger partial charge < -0.3 is 10.1 Å². The van der Waals surface area contributed by atoms with E-state index in [1.807, 2.05) is 11.3 Å². The van der Waals surface area contributed by atoms with E-state index < -0.39 is 0 Å². The van der Waals surface area contributed by atoms with E-state index in [0.717, 1.165) is 44.0 Å². The van der Waals surface area contributed by atoms with Crippen LogP contribution in [0, 0.1) is 0 Å². The molecular formula is C15H28N2OS. The van der Waals surface area contributed by atoms with Gasteiger partial charge in [0.05, 0.1) is 5.69 Å². The summed E-state index contributed by atoms with van der Waals surface area (Å²) in [5.41, 5.74) is 1.04. The van der Waals surface area contributed by atoms with Crippen LogP contribution in [-0.2, 0) is 23.3 Å². The summed E-state index contributed by atoms with van der Waals surface area (Å²) in [4.78, 5) is 6.23. The number of aryl methyl sites for hydroxylation is 1. The Labute approximate surface area is 121 Å². The molecule has 0 saturated carbocycles. The lowest BCUT2D eigenvalue weighted by Gasteiger charge is -2.29. The minimum absolute atomic E-state index is 0.187. The van der Waals surface area contributed by atoms with Crippen LogP contribution in [0.4, 0.5) is 0 Å². The Bertz CT molecular complexity index is 372. The number of hydrogen-bond acceptors (Lipinski definition) is 4. The number of nitrogens with one attached hydrogen (secondary N) is 1. The third-order valence-corrected chi connectivity index (χ3v) is 4.88. The van der Waals surface area contributed by atoms with E-state index in [1.165, 1.54) is 10.6 Å². The standard InChI is InChI=1S/C15H28N2OS/c1-6-12-13(11-16-9-4)19-14(17-12)15(7-2,8-3)18-10-5/h16H,6-11H2,1-5H3. The molecule has 0 amide bonds. The van der Waals surface area contributed by atoms with Crippen molar-refractivity contribution in [3.63, 3.8) is 0 Å². The largest absolute Gasteiger partial charge is 0.368 e. The molecule has 0 radical (unpaired) electrons. The molecular weight excluding hydrogens is 256 g/mol. The average Bonchev–Trinajstić information content (AvgIpc) is 2.86. The van der Waals surface area contributed by atoms with Gasteiger partial charge >= 0.3 is 0 Å². The Morgan fingerprint density at radius 2 is 1.84 bits per heavy atom. The topological polar surface area (TPSA) is 34.1 Å². The number of nitrogens with zero attached hydrogens (tertiary/aromatic N) is 1. The zero-order chi connectivity index (χ0) is 14.3. The molecule has 4 heteroatoms. The highest BCUT2D eigenvalue weighted by Crippen LogP contribution is 2.37. The SMILES string of the molecule is CCNCc1sc(C(CC)(CC)OCC)nc1CC. The van der Waals surface area contributed by atoms with E-state index in [1.54, 1.807) is 0 Å². The van der Waals surface area contributed by atoms with Crippen molar-refractivity contribution in [3.8, 4) is 0 Å². The van der Waals surface area contributed by atoms with Crippen molar-refractivity contribution in [2.75, 3.05) is 13.2 Å². The van der Waals surface area contributed by atoms with Crippen molar-refractivity contribution >= 4 is 11.3 Å². The molecule has 110 valence electrons. The van der Waals surface area contributed by atoms with E-state index in [0.29, 0.717) is 0 Å². The highest BCUT2D eigenvalue weighted by atomic mass is 32.1. The van der Waals surface area contributed by atoms with Gasteiger partial charge in [0.2, 0.25) is 0 Å². The van der Waals surface area contributed by atoms with Gasteiger partial charge in [-0.2, -0.15) is 0 Å². The van der Waals surface area contributed by atoms with Crippen molar-refractivity contribution in [2.45, 2.75) is 66.0 Å². The zero-order valence-corrected chi connectivity index (χ0v) is 13.8. The summed E-state index contributed by atoms with van der Waals surface area (Å²) in [6.07, 6.45) is 2.95. The molecule has 0 atom stereocenters. The minimum atomic E-state index is -0.187. The lowest BCUT2D eigenvalue weighted by Crippen LogP contribution is -2.28. The van der Waals surface area contributed by atoms with Crippen LogP contribution in [0.25, 0.3) is 0 Å². The highest BCUT2D eigenvalue weighted by Gasteiger charge is 2.33. The predicted octanol–water partition coefficient (Wildman–Crippen LogP) is 3.87. The molecule has 0 bridgehead atoms. The summed E-state index contributed by atoms with van der Waals surface area (Å²) in [5.74, 6) is 0. The Morgan fingerprint density at radius 3 is 2.32 bits per heavy atom. The molecule has 1 aromatic rings. The predicted molar refractivity (Wildman–Crippen MR) is 82.8 cm³/mol. The maximum atomic E-state index is 6.06. The molecule has 0 aromatic carbocycles. The third-order valence-electron chi connectivity index (χ3n) is 3.60. The zero-order valence-electron chi connectivity index (χ0n) is 13.0. The number of hydrogen-bond donors (Lipinski definition) is 1. The average molecular weight is 284 g/mol. The van der Waals surface area contributed by atoms with Crippen LogP contribution in [0.15, 0.2) is 0 Å². The first kappa shape index (κ1) is 16.6. The van der Waals surface area contributed by atoms with Crippen LogP contribution in [0.2, 0.25) is 0 Å². The fourth-order valence-corrected chi connectivity index (χ4v) is 3.73. The second-order valence-electron chi connectivity index (χ2n) is 4.66. The molecule has 0 aliphatic rings. The summed E-state index contributed by atoms with van der Waals surface area (Å²) in [6, 6.07) is 0. The number of ether oxygens (including phenoxy) is 1. The van der Waals surface area contributed by atoms with Gasteiger partial charge in [-0.05, 0) is 32.7 Å². The minimum Gasteiger partial charge on any atom is -0.368 e. The second kappa shape index (κ2) is 7.98. The van der Waals surface area contributed by atoms with Gasteiger partial charge in [-0.1, -0.05) is 27.7 Å². The quantitative estimate of drug-likeness (QED) is 0.747. The molecule has 3 nitrogen and oxygen atoms in total. The smallest absolute Gasteiger partial charge is 0.125 e. The molecule has 0 saturated heterocycles. The van der Waals surface area contributed by atoms with E-state index in [4.69, 9.17) is 9.72 Å². The maximum Gasteiger partial charge on any atom is 0.125 e. The molecule has 0 unspecified atom stereocenters. The lowest BCUT2D eigenvalue weighted by atomic mass is 9.98. The summed E-state index contributed by atoms with van der Waals surface area (Å²) in [7, 11) is 0. The first-order chi connectivity index (χ1) is 9.17. The second-order valence-corrected chi connectivity index (χ2v) is 5.74. The fraction of sp³-hybridized carbons (Fsp3) is 0.800. The molecule has 1 N–H and O–H groups in total. The van der Waals surface area contributed by atoms with Crippen molar-refractivity contribution in [1.82, 2.24) is 10.3 Å². The summed E-state index contributed by atoms with van der Waals surface area (Å²) >= 11 is 1.82. The lowest BCUT2D eigenvalue weighted by molar-refractivity contribution is -0.0507. The molecule has 0 aliphatic heterocycles. The fourth-order valence-electron chi connectivity index (χ4n) is 2.33. The number of aromatic nitrogens is 1. The monoisotopic (exact) mass is 284 g/mol. The van der Waals surface area contributed by atoms with Gasteiger partial charge in [0.25, 0.3) is 0 Å². The molecule has 0 aliphatic carbocycles. The van der Waals surface area contributed by atoms with Gasteiger partial charge in [0, 0.05) is 18.0 Å². The van der Waals surface area contributed by atoms with Crippen molar-refractivity contribution in [3.05, 3.63) is 15.6 Å². The van der Waals surface area contributed by atoms with Gasteiger partial charge in [-0.25, -0.2) is 4.98 Å². The first-order valence-corrected chi connectivity index (χ1v) is 8.32. The Morgan fingerprint density at radius 1 is 1.16 bits per heavy atom. The molecule has 0 spiro atoms. The van der Waals surface area contributed by atoms with Crippen molar-refractivity contribution in [2.24, 2.45) is 0 Å². The molecule has 1 rings (SSSR count). The molecule has 1 heterocycles. The Balaban J connectivity index is 3.06. The van der Waals surface area contributed by atoms with Crippen LogP contribution in [0.5, 0.6) is 0 Å². The summed E-state index contributed by atoms with van der Waals surface area (Å²) in [5, 5.41) is 4.56. The summed E-state index contributed by atoms with van der Waals surface area (Å²) in [6.45, 7) is 13.4. The van der Waals surface area contributed by atoms with Gasteiger partial charge in [-0.3, -0.25) is 0 Å². The van der Waals surface area contributed by atoms with Crippen LogP contribution in [-0.4, -0.2) is 18.1 Å². The van der Waals surface area contributed by atoms with Gasteiger partial charge in [0.1, 0.15) is 10.6 Å². The molecule has 0 fully saturated rings. The van der Waals surface area contributed by atoms with Crippen molar-refractivity contribution in [1.29, 1.82) is 0 Å². The Kier molecular flexibility index (Phi) is 6.97. The van der Waals surface area contributed by atoms with E-state index in [2.05, 4.69) is 39.9 Å². The summed E-state index contributed by atoms with van der Waals surface area (Å²) < 4.78 is 6.06. The molecule has 19 heavy (non-hydrogen) atoms. The normalized spacial score (nSPS) is 12.1. The number of rotatable bonds is 9. The van der Waals surface area contributed by atoms with Crippen LogP contribution < -0.4 is 5.32 Å². The number of thiazole rings is 1. The van der Waals surface area contributed by atoms with Gasteiger partial charge in [-0.15, -0.1) is 11.3 Å². The Hall–Kier alpha value is -0.450. The maximum absolute atomic E-state index is 6.06. The van der Waals surface area contributed by atoms with Crippen LogP contribution in [0.3, 0.4) is 0 Å². The van der Waals surface area contributed by atoms with Crippen LogP contribution in [0.1, 0.15) is 63.0 Å². The van der Waals surface area contributed by atoms with Gasteiger partial charge in [0.15, 0.2) is 0 Å².